The SMILES string of the molecule is CCC(C)(C)OC1(C)CCC(C(C)(C)OC(=O)C(=O)C(C)(C)CC)CC1. The molecule has 0 aliphatic heterocycles. The Kier molecular flexibility index (Phi) is 7.12. The maximum absolute atomic E-state index is 12.4. The third-order valence-electron chi connectivity index (χ3n) is 6.44. The second kappa shape index (κ2) is 8.00. The molecule has 0 N–H and O–H groups in total. The third-order valence-corrected chi connectivity index (χ3v) is 6.44. The molecule has 4 nitrogen and oxygen atoms in total. The fourth-order valence-electron chi connectivity index (χ4n) is 3.57. The van der Waals surface area contributed by atoms with E-state index in [1.165, 1.54) is 0 Å². The van der Waals surface area contributed by atoms with Crippen LogP contribution in [0.5, 0.6) is 0 Å². The van der Waals surface area contributed by atoms with Gasteiger partial charge in [-0.25, -0.2) is 4.79 Å². The molecule has 0 aromatic carbocycles. The van der Waals surface area contributed by atoms with Gasteiger partial charge in [-0.3, -0.25) is 4.79 Å². The van der Waals surface area contributed by atoms with E-state index in [2.05, 4.69) is 27.7 Å². The smallest absolute Gasteiger partial charge is 0.375 e. The Morgan fingerprint density at radius 3 is 1.88 bits per heavy atom. The van der Waals surface area contributed by atoms with Crippen molar-refractivity contribution in [1.82, 2.24) is 0 Å². The minimum atomic E-state index is -0.696. The van der Waals surface area contributed by atoms with Crippen LogP contribution in [0.1, 0.15) is 101 Å². The Morgan fingerprint density at radius 1 is 0.962 bits per heavy atom. The van der Waals surface area contributed by atoms with Crippen LogP contribution in [0.15, 0.2) is 0 Å². The van der Waals surface area contributed by atoms with Crippen molar-refractivity contribution >= 4 is 11.8 Å². The fourth-order valence-corrected chi connectivity index (χ4v) is 3.57. The lowest BCUT2D eigenvalue weighted by molar-refractivity contribution is -0.180. The molecule has 0 heterocycles. The lowest BCUT2D eigenvalue weighted by Gasteiger charge is -2.45. The summed E-state index contributed by atoms with van der Waals surface area (Å²) in [5.41, 5.74) is -1.56. The molecule has 4 heteroatoms. The van der Waals surface area contributed by atoms with E-state index in [-0.39, 0.29) is 17.1 Å². The number of ether oxygens (including phenoxy) is 2. The zero-order valence-electron chi connectivity index (χ0n) is 18.5. The Balaban J connectivity index is 2.70. The van der Waals surface area contributed by atoms with Crippen molar-refractivity contribution in [3.63, 3.8) is 0 Å². The molecule has 1 aliphatic rings. The molecular formula is C22H40O4. The maximum atomic E-state index is 12.4. The highest BCUT2D eigenvalue weighted by Gasteiger charge is 2.44. The molecule has 0 spiro atoms. The molecule has 0 saturated heterocycles. The Morgan fingerprint density at radius 2 is 1.46 bits per heavy atom. The van der Waals surface area contributed by atoms with Gasteiger partial charge in [0, 0.05) is 5.41 Å². The summed E-state index contributed by atoms with van der Waals surface area (Å²) in [6.45, 7) is 18.0. The molecule has 0 unspecified atom stereocenters. The number of hydrogen-bond acceptors (Lipinski definition) is 4. The van der Waals surface area contributed by atoms with Crippen LogP contribution in [-0.4, -0.2) is 28.6 Å². The summed E-state index contributed by atoms with van der Waals surface area (Å²) in [6.07, 6.45) is 5.34. The molecule has 0 radical (unpaired) electrons. The predicted molar refractivity (Wildman–Crippen MR) is 105 cm³/mol. The van der Waals surface area contributed by atoms with Gasteiger partial charge >= 0.3 is 5.97 Å². The Labute approximate surface area is 160 Å². The van der Waals surface area contributed by atoms with Crippen molar-refractivity contribution in [3.8, 4) is 0 Å². The molecule has 1 aliphatic carbocycles. The van der Waals surface area contributed by atoms with E-state index >= 15 is 0 Å². The summed E-state index contributed by atoms with van der Waals surface area (Å²) >= 11 is 0. The first-order chi connectivity index (χ1) is 11.7. The molecule has 0 atom stereocenters. The van der Waals surface area contributed by atoms with Gasteiger partial charge < -0.3 is 9.47 Å². The van der Waals surface area contributed by atoms with E-state index in [0.717, 1.165) is 32.1 Å². The first-order valence-corrected chi connectivity index (χ1v) is 10.2. The van der Waals surface area contributed by atoms with Crippen LogP contribution in [0.4, 0.5) is 0 Å². The summed E-state index contributed by atoms with van der Waals surface area (Å²) in [5, 5.41) is 0. The minimum Gasteiger partial charge on any atom is -0.454 e. The highest BCUT2D eigenvalue weighted by molar-refractivity contribution is 6.35. The maximum Gasteiger partial charge on any atom is 0.375 e. The van der Waals surface area contributed by atoms with E-state index < -0.39 is 22.8 Å². The first kappa shape index (κ1) is 23.1. The summed E-state index contributed by atoms with van der Waals surface area (Å²) in [4.78, 5) is 24.7. The number of rotatable bonds is 8. The van der Waals surface area contributed by atoms with Gasteiger partial charge in [0.1, 0.15) is 5.60 Å². The largest absolute Gasteiger partial charge is 0.454 e. The van der Waals surface area contributed by atoms with Crippen molar-refractivity contribution in [2.24, 2.45) is 11.3 Å². The van der Waals surface area contributed by atoms with Gasteiger partial charge in [0.05, 0.1) is 11.2 Å². The van der Waals surface area contributed by atoms with Crippen LogP contribution in [-0.2, 0) is 19.1 Å². The molecule has 0 aromatic heterocycles. The standard InChI is InChI=1S/C22H40O4/c1-10-19(3,4)17(23)18(24)25-21(7,8)16-12-14-22(9,15-13-16)26-20(5,6)11-2/h16H,10-15H2,1-9H3. The fraction of sp³-hybridized carbons (Fsp3) is 0.909. The van der Waals surface area contributed by atoms with E-state index in [0.29, 0.717) is 6.42 Å². The normalized spacial score (nSPS) is 25.0. The number of ketones is 1. The molecule has 1 fully saturated rings. The van der Waals surface area contributed by atoms with Gasteiger partial charge in [-0.05, 0) is 79.1 Å². The molecule has 26 heavy (non-hydrogen) atoms. The molecule has 1 rings (SSSR count). The average Bonchev–Trinajstić information content (AvgIpc) is 2.53. The van der Waals surface area contributed by atoms with Gasteiger partial charge in [-0.2, -0.15) is 0 Å². The number of carbonyl (C=O) groups is 2. The van der Waals surface area contributed by atoms with E-state index in [1.54, 1.807) is 13.8 Å². The van der Waals surface area contributed by atoms with Crippen LogP contribution in [0, 0.1) is 11.3 Å². The van der Waals surface area contributed by atoms with Crippen molar-refractivity contribution in [2.75, 3.05) is 0 Å². The van der Waals surface area contributed by atoms with Gasteiger partial charge in [0.25, 0.3) is 0 Å². The van der Waals surface area contributed by atoms with E-state index in [4.69, 9.17) is 9.47 Å². The highest BCUT2D eigenvalue weighted by atomic mass is 16.6. The van der Waals surface area contributed by atoms with E-state index in [1.807, 2.05) is 20.8 Å². The van der Waals surface area contributed by atoms with E-state index in [9.17, 15) is 9.59 Å². The monoisotopic (exact) mass is 368 g/mol. The summed E-state index contributed by atoms with van der Waals surface area (Å²) < 4.78 is 12.1. The highest BCUT2D eigenvalue weighted by Crippen LogP contribution is 2.43. The number of esters is 1. The van der Waals surface area contributed by atoms with Gasteiger partial charge in [0.2, 0.25) is 5.78 Å². The van der Waals surface area contributed by atoms with Crippen molar-refractivity contribution < 1.29 is 19.1 Å². The quantitative estimate of drug-likeness (QED) is 0.421. The zero-order valence-corrected chi connectivity index (χ0v) is 18.5. The molecule has 0 aromatic rings. The number of carbonyl (C=O) groups excluding carboxylic acids is 2. The van der Waals surface area contributed by atoms with Gasteiger partial charge in [0.15, 0.2) is 0 Å². The Bertz CT molecular complexity index is 508. The summed E-state index contributed by atoms with van der Waals surface area (Å²) in [6, 6.07) is 0. The molecule has 0 bridgehead atoms. The topological polar surface area (TPSA) is 52.6 Å². The van der Waals surface area contributed by atoms with Gasteiger partial charge in [-0.15, -0.1) is 0 Å². The number of hydrogen-bond donors (Lipinski definition) is 0. The van der Waals surface area contributed by atoms with Gasteiger partial charge in [-0.1, -0.05) is 27.7 Å². The van der Waals surface area contributed by atoms with Crippen molar-refractivity contribution in [1.29, 1.82) is 0 Å². The average molecular weight is 369 g/mol. The molecular weight excluding hydrogens is 328 g/mol. The summed E-state index contributed by atoms with van der Waals surface area (Å²) in [5.74, 6) is -0.884. The molecule has 152 valence electrons. The predicted octanol–water partition coefficient (Wildman–Crippen LogP) is 5.47. The Hall–Kier alpha value is -0.900. The lowest BCUT2D eigenvalue weighted by Crippen LogP contribution is -2.47. The second-order valence-corrected chi connectivity index (χ2v) is 10.00. The van der Waals surface area contributed by atoms with Crippen LogP contribution >= 0.6 is 0 Å². The minimum absolute atomic E-state index is 0.123. The van der Waals surface area contributed by atoms with Crippen molar-refractivity contribution in [3.05, 3.63) is 0 Å². The third kappa shape index (κ3) is 5.80. The molecule has 1 saturated carbocycles. The first-order valence-electron chi connectivity index (χ1n) is 10.2. The summed E-state index contributed by atoms with van der Waals surface area (Å²) in [7, 11) is 0. The molecule has 0 amide bonds. The van der Waals surface area contributed by atoms with Crippen LogP contribution in [0.25, 0.3) is 0 Å². The second-order valence-electron chi connectivity index (χ2n) is 10.00. The van der Waals surface area contributed by atoms with Crippen molar-refractivity contribution in [2.45, 2.75) is 118 Å². The zero-order chi connectivity index (χ0) is 20.4. The van der Waals surface area contributed by atoms with Crippen LogP contribution in [0.2, 0.25) is 0 Å². The van der Waals surface area contributed by atoms with Crippen LogP contribution in [0.3, 0.4) is 0 Å². The number of Topliss-reactive ketones (excluding diaryl/α,β-unsaturated/α-hetero) is 1. The van der Waals surface area contributed by atoms with Crippen LogP contribution < -0.4 is 0 Å². The lowest BCUT2D eigenvalue weighted by atomic mass is 9.73.